The quantitative estimate of drug-likeness (QED) is 0.475. The molecule has 0 fully saturated rings. The number of fused-ring (bicyclic) bond motifs is 1. The van der Waals surface area contributed by atoms with E-state index in [-0.39, 0.29) is 17.2 Å². The van der Waals surface area contributed by atoms with Crippen molar-refractivity contribution in [1.29, 1.82) is 0 Å². The van der Waals surface area contributed by atoms with Crippen LogP contribution >= 0.6 is 27.7 Å². The van der Waals surface area contributed by atoms with Crippen molar-refractivity contribution in [3.8, 4) is 0 Å². The molecule has 0 saturated carbocycles. The summed E-state index contributed by atoms with van der Waals surface area (Å²) in [6.07, 6.45) is 1.40. The highest BCUT2D eigenvalue weighted by atomic mass is 79.9. The summed E-state index contributed by atoms with van der Waals surface area (Å²) in [4.78, 5) is 37.0. The number of hydrogen-bond donors (Lipinski definition) is 3. The number of rotatable bonds is 4. The van der Waals surface area contributed by atoms with E-state index in [1.165, 1.54) is 6.33 Å². The second-order valence-corrected chi connectivity index (χ2v) is 6.20. The summed E-state index contributed by atoms with van der Waals surface area (Å²) in [6, 6.07) is 7.27. The number of aromatic amines is 2. The number of H-pyrrole nitrogens is 2. The molecule has 22 heavy (non-hydrogen) atoms. The van der Waals surface area contributed by atoms with Crippen molar-refractivity contribution in [2.24, 2.45) is 0 Å². The number of nitrogens with one attached hydrogen (secondary N) is 3. The van der Waals surface area contributed by atoms with Gasteiger partial charge in [0.1, 0.15) is 0 Å². The lowest BCUT2D eigenvalue weighted by Gasteiger charge is -2.04. The monoisotopic (exact) mass is 379 g/mol. The molecule has 3 aromatic rings. The third-order valence-corrected chi connectivity index (χ3v) is 4.14. The highest BCUT2D eigenvalue weighted by molar-refractivity contribution is 9.10. The van der Waals surface area contributed by atoms with E-state index in [9.17, 15) is 9.59 Å². The van der Waals surface area contributed by atoms with Crippen LogP contribution < -0.4 is 10.9 Å². The summed E-state index contributed by atoms with van der Waals surface area (Å²) in [5.74, 6) is -0.0494. The minimum absolute atomic E-state index is 0.134. The van der Waals surface area contributed by atoms with Crippen LogP contribution in [0, 0.1) is 0 Å². The fourth-order valence-corrected chi connectivity index (χ4v) is 2.68. The Morgan fingerprint density at radius 1 is 1.32 bits per heavy atom. The molecule has 1 aromatic carbocycles. The number of carbonyl (C=O) groups excluding carboxylic acids is 1. The number of hydrogen-bond acceptors (Lipinski definition) is 5. The van der Waals surface area contributed by atoms with E-state index in [0.717, 1.165) is 16.2 Å². The molecule has 0 aliphatic carbocycles. The van der Waals surface area contributed by atoms with Crippen LogP contribution in [-0.4, -0.2) is 31.6 Å². The molecule has 2 heterocycles. The molecule has 9 heteroatoms. The normalized spacial score (nSPS) is 10.8. The summed E-state index contributed by atoms with van der Waals surface area (Å²) in [6.45, 7) is 0. The van der Waals surface area contributed by atoms with Gasteiger partial charge in [0.2, 0.25) is 5.91 Å². The van der Waals surface area contributed by atoms with Gasteiger partial charge in [0.25, 0.3) is 5.56 Å². The fraction of sp³-hybridized carbons (Fsp3) is 0.0769. The predicted molar refractivity (Wildman–Crippen MR) is 88.0 cm³/mol. The van der Waals surface area contributed by atoms with Gasteiger partial charge >= 0.3 is 0 Å². The molecule has 0 bridgehead atoms. The molecule has 0 aliphatic rings. The van der Waals surface area contributed by atoms with Crippen LogP contribution in [0.25, 0.3) is 11.2 Å². The van der Waals surface area contributed by atoms with Crippen LogP contribution in [0.15, 0.2) is 45.0 Å². The van der Waals surface area contributed by atoms with Crippen molar-refractivity contribution < 1.29 is 4.79 Å². The Morgan fingerprint density at radius 3 is 2.86 bits per heavy atom. The molecule has 0 spiro atoms. The highest BCUT2D eigenvalue weighted by Gasteiger charge is 2.09. The average molecular weight is 380 g/mol. The number of halogens is 1. The molecular weight excluding hydrogens is 370 g/mol. The fourth-order valence-electron chi connectivity index (χ4n) is 1.76. The van der Waals surface area contributed by atoms with Crippen LogP contribution in [0.5, 0.6) is 0 Å². The third kappa shape index (κ3) is 3.37. The number of carbonyl (C=O) groups is 1. The Hall–Kier alpha value is -2.13. The van der Waals surface area contributed by atoms with E-state index in [4.69, 9.17) is 0 Å². The molecule has 0 radical (unpaired) electrons. The third-order valence-electron chi connectivity index (χ3n) is 2.74. The zero-order valence-electron chi connectivity index (χ0n) is 11.1. The van der Waals surface area contributed by atoms with Crippen molar-refractivity contribution in [1.82, 2.24) is 19.9 Å². The molecule has 2 aromatic heterocycles. The number of nitrogens with zero attached hydrogens (tertiary/aromatic N) is 2. The minimum atomic E-state index is -0.307. The van der Waals surface area contributed by atoms with Crippen LogP contribution in [-0.2, 0) is 4.79 Å². The Morgan fingerprint density at radius 2 is 2.09 bits per heavy atom. The standard InChI is InChI=1S/C13H10BrN5O2S/c14-7-1-3-8(4-2-7)17-9(20)5-22-13-18-11-10(12(21)19-13)15-6-16-11/h1-4,6H,5H2,(H,17,20)(H2,15,16,18,19,21). The molecule has 0 saturated heterocycles. The van der Waals surface area contributed by atoms with Crippen molar-refractivity contribution in [2.45, 2.75) is 5.16 Å². The first-order valence-electron chi connectivity index (χ1n) is 6.23. The number of thioether (sulfide) groups is 1. The SMILES string of the molecule is O=C(CSc1nc2nc[nH]c2c(=O)[nH]1)Nc1ccc(Br)cc1. The molecule has 112 valence electrons. The van der Waals surface area contributed by atoms with E-state index >= 15 is 0 Å². The maximum Gasteiger partial charge on any atom is 0.277 e. The number of benzene rings is 1. The lowest BCUT2D eigenvalue weighted by atomic mass is 10.3. The van der Waals surface area contributed by atoms with E-state index in [0.29, 0.717) is 22.0 Å². The maximum atomic E-state index is 11.9. The zero-order valence-corrected chi connectivity index (χ0v) is 13.5. The molecule has 0 atom stereocenters. The second-order valence-electron chi connectivity index (χ2n) is 4.32. The Bertz CT molecular complexity index is 874. The van der Waals surface area contributed by atoms with Gasteiger partial charge in [-0.3, -0.25) is 14.6 Å². The van der Waals surface area contributed by atoms with Crippen molar-refractivity contribution in [2.75, 3.05) is 11.1 Å². The van der Waals surface area contributed by atoms with Crippen molar-refractivity contribution in [3.05, 3.63) is 45.4 Å². The lowest BCUT2D eigenvalue weighted by molar-refractivity contribution is -0.113. The van der Waals surface area contributed by atoms with Crippen LogP contribution in [0.3, 0.4) is 0 Å². The Kier molecular flexibility index (Phi) is 4.25. The van der Waals surface area contributed by atoms with Crippen molar-refractivity contribution >= 4 is 50.5 Å². The Balaban J connectivity index is 1.64. The average Bonchev–Trinajstić information content (AvgIpc) is 2.97. The molecule has 0 unspecified atom stereocenters. The zero-order chi connectivity index (χ0) is 15.5. The summed E-state index contributed by atoms with van der Waals surface area (Å²) >= 11 is 4.47. The summed E-state index contributed by atoms with van der Waals surface area (Å²) in [5.41, 5.74) is 1.06. The second kappa shape index (κ2) is 6.32. The van der Waals surface area contributed by atoms with Gasteiger partial charge in [0.15, 0.2) is 16.3 Å². The van der Waals surface area contributed by atoms with Crippen LogP contribution in [0.4, 0.5) is 5.69 Å². The molecular formula is C13H10BrN5O2S. The minimum Gasteiger partial charge on any atom is -0.339 e. The van der Waals surface area contributed by atoms with Gasteiger partial charge < -0.3 is 10.3 Å². The Labute approximate surface area is 137 Å². The van der Waals surface area contributed by atoms with Gasteiger partial charge in [-0.05, 0) is 24.3 Å². The van der Waals surface area contributed by atoms with Crippen LogP contribution in [0.2, 0.25) is 0 Å². The first kappa shape index (κ1) is 14.8. The van der Waals surface area contributed by atoms with Gasteiger partial charge in [-0.2, -0.15) is 0 Å². The topological polar surface area (TPSA) is 104 Å². The van der Waals surface area contributed by atoms with Gasteiger partial charge in [0.05, 0.1) is 12.1 Å². The molecule has 3 rings (SSSR count). The van der Waals surface area contributed by atoms with Crippen molar-refractivity contribution in [3.63, 3.8) is 0 Å². The van der Waals surface area contributed by atoms with E-state index < -0.39 is 0 Å². The van der Waals surface area contributed by atoms with Gasteiger partial charge in [-0.25, -0.2) is 9.97 Å². The maximum absolute atomic E-state index is 11.9. The number of aromatic nitrogens is 4. The smallest absolute Gasteiger partial charge is 0.277 e. The predicted octanol–water partition coefficient (Wildman–Crippen LogP) is 2.14. The number of imidazole rings is 1. The van der Waals surface area contributed by atoms with E-state index in [2.05, 4.69) is 41.2 Å². The summed E-state index contributed by atoms with van der Waals surface area (Å²) in [5, 5.41) is 3.12. The molecule has 1 amide bonds. The summed E-state index contributed by atoms with van der Waals surface area (Å²) in [7, 11) is 0. The highest BCUT2D eigenvalue weighted by Crippen LogP contribution is 2.16. The first-order valence-corrected chi connectivity index (χ1v) is 8.01. The first-order chi connectivity index (χ1) is 10.6. The largest absolute Gasteiger partial charge is 0.339 e. The number of amides is 1. The lowest BCUT2D eigenvalue weighted by Crippen LogP contribution is -2.15. The molecule has 7 nitrogen and oxygen atoms in total. The van der Waals surface area contributed by atoms with Gasteiger partial charge in [-0.15, -0.1) is 0 Å². The van der Waals surface area contributed by atoms with Crippen LogP contribution in [0.1, 0.15) is 0 Å². The van der Waals surface area contributed by atoms with Gasteiger partial charge in [0, 0.05) is 10.2 Å². The van der Waals surface area contributed by atoms with E-state index in [1.807, 2.05) is 12.1 Å². The molecule has 3 N–H and O–H groups in total. The molecule has 0 aliphatic heterocycles. The van der Waals surface area contributed by atoms with E-state index in [1.54, 1.807) is 12.1 Å². The van der Waals surface area contributed by atoms with Gasteiger partial charge in [-0.1, -0.05) is 27.7 Å². The number of anilines is 1. The summed E-state index contributed by atoms with van der Waals surface area (Å²) < 4.78 is 0.939.